The maximum absolute atomic E-state index is 13.1. The fraction of sp³-hybridized carbons (Fsp3) is 0.286. The standard InChI is InChI=1S/C14H13FO2/c15-12-1-2-13-11(7-12)3-5-14(13,16)8-10-4-6-17-9-10/h1-2,4,6-7,9,16H,3,5,8H2. The highest BCUT2D eigenvalue weighted by atomic mass is 19.1. The Balaban J connectivity index is 1.96. The Hall–Kier alpha value is -1.61. The zero-order chi connectivity index (χ0) is 11.9. The lowest BCUT2D eigenvalue weighted by Gasteiger charge is -2.23. The molecule has 88 valence electrons. The van der Waals surface area contributed by atoms with Gasteiger partial charge in [-0.1, -0.05) is 6.07 Å². The first-order valence-corrected chi connectivity index (χ1v) is 5.70. The molecular weight excluding hydrogens is 219 g/mol. The van der Waals surface area contributed by atoms with Crippen molar-refractivity contribution in [2.45, 2.75) is 24.9 Å². The Labute approximate surface area is 98.7 Å². The molecule has 3 rings (SSSR count). The number of rotatable bonds is 2. The van der Waals surface area contributed by atoms with Crippen LogP contribution in [0.4, 0.5) is 4.39 Å². The van der Waals surface area contributed by atoms with Crippen molar-refractivity contribution in [3.8, 4) is 0 Å². The zero-order valence-electron chi connectivity index (χ0n) is 9.32. The first-order chi connectivity index (χ1) is 8.17. The molecule has 1 N–H and O–H groups in total. The second-order valence-electron chi connectivity index (χ2n) is 4.64. The van der Waals surface area contributed by atoms with Crippen LogP contribution in [-0.4, -0.2) is 5.11 Å². The van der Waals surface area contributed by atoms with Crippen molar-refractivity contribution in [2.75, 3.05) is 0 Å². The molecule has 0 saturated heterocycles. The Kier molecular flexibility index (Phi) is 2.30. The van der Waals surface area contributed by atoms with E-state index in [4.69, 9.17) is 4.42 Å². The molecule has 1 atom stereocenters. The smallest absolute Gasteiger partial charge is 0.123 e. The van der Waals surface area contributed by atoms with Crippen LogP contribution in [0.3, 0.4) is 0 Å². The van der Waals surface area contributed by atoms with Crippen LogP contribution in [0.25, 0.3) is 0 Å². The second kappa shape index (κ2) is 3.70. The lowest BCUT2D eigenvalue weighted by atomic mass is 9.90. The zero-order valence-corrected chi connectivity index (χ0v) is 9.32. The van der Waals surface area contributed by atoms with Gasteiger partial charge in [0.15, 0.2) is 0 Å². The summed E-state index contributed by atoms with van der Waals surface area (Å²) in [4.78, 5) is 0. The maximum atomic E-state index is 13.1. The third-order valence-electron chi connectivity index (χ3n) is 3.45. The molecule has 1 heterocycles. The second-order valence-corrected chi connectivity index (χ2v) is 4.64. The highest BCUT2D eigenvalue weighted by molar-refractivity contribution is 5.38. The summed E-state index contributed by atoms with van der Waals surface area (Å²) in [6.07, 6.45) is 5.11. The summed E-state index contributed by atoms with van der Waals surface area (Å²) in [6, 6.07) is 6.46. The van der Waals surface area contributed by atoms with E-state index in [1.165, 1.54) is 12.1 Å². The van der Waals surface area contributed by atoms with Crippen LogP contribution in [0.15, 0.2) is 41.2 Å². The number of fused-ring (bicyclic) bond motifs is 1. The average Bonchev–Trinajstić information content (AvgIpc) is 2.88. The Morgan fingerprint density at radius 1 is 1.35 bits per heavy atom. The molecule has 0 spiro atoms. The molecule has 1 aliphatic carbocycles. The van der Waals surface area contributed by atoms with Gasteiger partial charge in [0.25, 0.3) is 0 Å². The highest BCUT2D eigenvalue weighted by Gasteiger charge is 2.36. The summed E-state index contributed by atoms with van der Waals surface area (Å²) in [5, 5.41) is 10.6. The summed E-state index contributed by atoms with van der Waals surface area (Å²) in [5.74, 6) is -0.240. The number of aryl methyl sites for hydroxylation is 1. The van der Waals surface area contributed by atoms with Gasteiger partial charge in [-0.05, 0) is 47.7 Å². The topological polar surface area (TPSA) is 33.4 Å². The fourth-order valence-electron chi connectivity index (χ4n) is 2.61. The molecule has 0 fully saturated rings. The van der Waals surface area contributed by atoms with Gasteiger partial charge >= 0.3 is 0 Å². The number of furan rings is 1. The number of benzene rings is 1. The fourth-order valence-corrected chi connectivity index (χ4v) is 2.61. The molecule has 1 aromatic carbocycles. The van der Waals surface area contributed by atoms with E-state index in [1.54, 1.807) is 18.6 Å². The first-order valence-electron chi connectivity index (χ1n) is 5.70. The van der Waals surface area contributed by atoms with Gasteiger partial charge in [-0.2, -0.15) is 0 Å². The third kappa shape index (κ3) is 1.76. The van der Waals surface area contributed by atoms with E-state index in [2.05, 4.69) is 0 Å². The van der Waals surface area contributed by atoms with Crippen molar-refractivity contribution in [2.24, 2.45) is 0 Å². The van der Waals surface area contributed by atoms with E-state index < -0.39 is 5.60 Å². The number of hydrogen-bond acceptors (Lipinski definition) is 2. The minimum absolute atomic E-state index is 0.240. The number of halogens is 1. The summed E-state index contributed by atoms with van der Waals surface area (Å²) < 4.78 is 18.1. The molecule has 2 aromatic rings. The van der Waals surface area contributed by atoms with E-state index in [9.17, 15) is 9.50 Å². The van der Waals surface area contributed by atoms with Gasteiger partial charge in [0, 0.05) is 6.42 Å². The monoisotopic (exact) mass is 232 g/mol. The Bertz CT molecular complexity index is 533. The minimum atomic E-state index is -0.882. The predicted molar refractivity (Wildman–Crippen MR) is 61.0 cm³/mol. The minimum Gasteiger partial charge on any atom is -0.472 e. The van der Waals surface area contributed by atoms with Crippen LogP contribution >= 0.6 is 0 Å². The molecule has 0 amide bonds. The number of aliphatic hydroxyl groups is 1. The average molecular weight is 232 g/mol. The van der Waals surface area contributed by atoms with E-state index in [-0.39, 0.29) is 5.82 Å². The Morgan fingerprint density at radius 2 is 2.24 bits per heavy atom. The van der Waals surface area contributed by atoms with Crippen molar-refractivity contribution in [3.63, 3.8) is 0 Å². The molecule has 3 heteroatoms. The highest BCUT2D eigenvalue weighted by Crippen LogP contribution is 2.39. The van der Waals surface area contributed by atoms with Gasteiger partial charge in [0.1, 0.15) is 5.82 Å². The van der Waals surface area contributed by atoms with Crippen LogP contribution in [0, 0.1) is 5.82 Å². The summed E-state index contributed by atoms with van der Waals surface area (Å²) in [5.41, 5.74) is 1.84. The quantitative estimate of drug-likeness (QED) is 0.863. The lowest BCUT2D eigenvalue weighted by molar-refractivity contribution is 0.0388. The molecule has 1 unspecified atom stereocenters. The molecule has 1 aliphatic rings. The van der Waals surface area contributed by atoms with Gasteiger partial charge in [-0.15, -0.1) is 0 Å². The normalized spacial score (nSPS) is 22.7. The molecule has 0 aliphatic heterocycles. The third-order valence-corrected chi connectivity index (χ3v) is 3.45. The van der Waals surface area contributed by atoms with E-state index in [1.807, 2.05) is 6.07 Å². The Morgan fingerprint density at radius 3 is 3.00 bits per heavy atom. The molecule has 2 nitrogen and oxygen atoms in total. The van der Waals surface area contributed by atoms with Crippen LogP contribution in [0.2, 0.25) is 0 Å². The molecule has 17 heavy (non-hydrogen) atoms. The molecule has 0 bridgehead atoms. The summed E-state index contributed by atoms with van der Waals surface area (Å²) >= 11 is 0. The van der Waals surface area contributed by atoms with Crippen LogP contribution in [0.1, 0.15) is 23.1 Å². The molecule has 0 saturated carbocycles. The van der Waals surface area contributed by atoms with Gasteiger partial charge < -0.3 is 9.52 Å². The lowest BCUT2D eigenvalue weighted by Crippen LogP contribution is -2.25. The summed E-state index contributed by atoms with van der Waals surface area (Å²) in [6.45, 7) is 0. The van der Waals surface area contributed by atoms with Crippen LogP contribution in [0.5, 0.6) is 0 Å². The molecule has 0 radical (unpaired) electrons. The van der Waals surface area contributed by atoms with Crippen molar-refractivity contribution < 1.29 is 13.9 Å². The number of hydrogen-bond donors (Lipinski definition) is 1. The van der Waals surface area contributed by atoms with E-state index in [0.717, 1.165) is 23.1 Å². The van der Waals surface area contributed by atoms with E-state index in [0.29, 0.717) is 12.8 Å². The van der Waals surface area contributed by atoms with Gasteiger partial charge in [0.2, 0.25) is 0 Å². The largest absolute Gasteiger partial charge is 0.472 e. The molecule has 1 aromatic heterocycles. The van der Waals surface area contributed by atoms with Crippen molar-refractivity contribution in [1.29, 1.82) is 0 Å². The van der Waals surface area contributed by atoms with Crippen LogP contribution in [-0.2, 0) is 18.4 Å². The van der Waals surface area contributed by atoms with Gasteiger partial charge in [-0.3, -0.25) is 0 Å². The predicted octanol–water partition coefficient (Wildman–Crippen LogP) is 2.80. The van der Waals surface area contributed by atoms with Gasteiger partial charge in [0.05, 0.1) is 18.1 Å². The van der Waals surface area contributed by atoms with Crippen molar-refractivity contribution >= 4 is 0 Å². The summed E-state index contributed by atoms with van der Waals surface area (Å²) in [7, 11) is 0. The van der Waals surface area contributed by atoms with Crippen molar-refractivity contribution in [1.82, 2.24) is 0 Å². The van der Waals surface area contributed by atoms with E-state index >= 15 is 0 Å². The first kappa shape index (κ1) is 10.5. The van der Waals surface area contributed by atoms with Crippen molar-refractivity contribution in [3.05, 3.63) is 59.3 Å². The van der Waals surface area contributed by atoms with Gasteiger partial charge in [-0.25, -0.2) is 4.39 Å². The maximum Gasteiger partial charge on any atom is 0.123 e. The SMILES string of the molecule is OC1(Cc2ccoc2)CCc2cc(F)ccc21. The van der Waals surface area contributed by atoms with Crippen LogP contribution < -0.4 is 0 Å². The molecular formula is C14H13FO2.